The van der Waals surface area contributed by atoms with E-state index in [1.165, 1.54) is 0 Å². The molecule has 1 aromatic carbocycles. The van der Waals surface area contributed by atoms with Crippen LogP contribution in [0.1, 0.15) is 17.0 Å². The molecule has 0 aliphatic carbocycles. The van der Waals surface area contributed by atoms with E-state index in [1.807, 2.05) is 42.5 Å². The van der Waals surface area contributed by atoms with E-state index in [1.54, 1.807) is 0 Å². The van der Waals surface area contributed by atoms with Crippen LogP contribution in [0.25, 0.3) is 0 Å². The van der Waals surface area contributed by atoms with Gasteiger partial charge in [-0.2, -0.15) is 35.9 Å². The van der Waals surface area contributed by atoms with Crippen LogP contribution in [0.4, 0.5) is 0 Å². The van der Waals surface area contributed by atoms with Crippen LogP contribution in [0.5, 0.6) is 0 Å². The van der Waals surface area contributed by atoms with Crippen LogP contribution in [0.2, 0.25) is 0 Å². The van der Waals surface area contributed by atoms with Crippen molar-refractivity contribution < 1.29 is 25.2 Å². The second kappa shape index (κ2) is 6.54. The Morgan fingerprint density at radius 2 is 1.88 bits per heavy atom. The predicted octanol–water partition coefficient (Wildman–Crippen LogP) is 1.96. The summed E-state index contributed by atoms with van der Waals surface area (Å²) in [4.78, 5) is 4.32. The fourth-order valence-corrected chi connectivity index (χ4v) is 1.45. The summed E-state index contributed by atoms with van der Waals surface area (Å²) in [5.74, 6) is 0. The van der Waals surface area contributed by atoms with Crippen LogP contribution in [-0.4, -0.2) is 10.1 Å². The van der Waals surface area contributed by atoms with E-state index >= 15 is 0 Å². The zero-order chi connectivity index (χ0) is 10.5. The van der Waals surface area contributed by atoms with Crippen molar-refractivity contribution in [3.63, 3.8) is 0 Å². The van der Waals surface area contributed by atoms with E-state index in [2.05, 4.69) is 11.1 Å². The van der Waals surface area contributed by atoms with E-state index in [9.17, 15) is 0 Å². The van der Waals surface area contributed by atoms with Gasteiger partial charge in [-0.15, -0.1) is 0 Å². The summed E-state index contributed by atoms with van der Waals surface area (Å²) in [5.41, 5.74) is 2.78. The molecule has 1 N–H and O–H groups in total. The molecule has 0 aliphatic rings. The zero-order valence-corrected chi connectivity index (χ0v) is 11.1. The molecule has 0 bridgehead atoms. The third-order valence-corrected chi connectivity index (χ3v) is 2.17. The Morgan fingerprint density at radius 3 is 2.56 bits per heavy atom. The van der Waals surface area contributed by atoms with Gasteiger partial charge >= 0.3 is 0 Å². The second-order valence-electron chi connectivity index (χ2n) is 3.34. The monoisotopic (exact) mass is 391 g/mol. The quantitative estimate of drug-likeness (QED) is 0.813. The third kappa shape index (κ3) is 3.53. The topological polar surface area (TPSA) is 33.1 Å². The maximum atomic E-state index is 8.96. The number of aromatic nitrogens is 1. The van der Waals surface area contributed by atoms with Gasteiger partial charge < -0.3 is 5.11 Å². The number of hydrogen-bond acceptors (Lipinski definition) is 2. The van der Waals surface area contributed by atoms with E-state index < -0.39 is 0 Å². The number of benzene rings is 1. The molecule has 0 fully saturated rings. The molecular weight excluding hydrogens is 378 g/mol. The van der Waals surface area contributed by atoms with Crippen molar-refractivity contribution >= 4 is 0 Å². The van der Waals surface area contributed by atoms with Crippen LogP contribution < -0.4 is 0 Å². The fourth-order valence-electron chi connectivity index (χ4n) is 1.45. The molecule has 1 aromatic heterocycles. The standard InChI is InChI=1S/C13H12NO.Ir/c15-10-13-8-4-7-12(14-13)9-11-5-2-1-3-6-11;/h1-5,7-8,15H,9-10H2;/q-1;. The molecule has 1 radical (unpaired) electrons. The van der Waals surface area contributed by atoms with Gasteiger partial charge in [-0.05, 0) is 18.6 Å². The zero-order valence-electron chi connectivity index (χ0n) is 8.68. The first kappa shape index (κ1) is 13.0. The van der Waals surface area contributed by atoms with Gasteiger partial charge in [-0.3, -0.25) is 4.98 Å². The molecule has 2 rings (SSSR count). The molecule has 16 heavy (non-hydrogen) atoms. The summed E-state index contributed by atoms with van der Waals surface area (Å²) in [7, 11) is 0. The van der Waals surface area contributed by atoms with Gasteiger partial charge in [0.25, 0.3) is 0 Å². The number of aliphatic hydroxyl groups excluding tert-OH is 1. The number of rotatable bonds is 3. The summed E-state index contributed by atoms with van der Waals surface area (Å²) in [6.07, 6.45) is 0.759. The Hall–Kier alpha value is -1.02. The van der Waals surface area contributed by atoms with Gasteiger partial charge in [0.2, 0.25) is 0 Å². The molecule has 0 unspecified atom stereocenters. The van der Waals surface area contributed by atoms with Gasteiger partial charge in [-0.1, -0.05) is 6.07 Å². The first-order valence-electron chi connectivity index (χ1n) is 4.90. The maximum absolute atomic E-state index is 8.96. The second-order valence-corrected chi connectivity index (χ2v) is 3.34. The normalized spacial score (nSPS) is 9.56. The fraction of sp³-hybridized carbons (Fsp3) is 0.154. The van der Waals surface area contributed by atoms with Crippen LogP contribution in [0, 0.1) is 6.07 Å². The Kier molecular flexibility index (Phi) is 5.33. The third-order valence-electron chi connectivity index (χ3n) is 2.17. The largest absolute Gasteiger partial charge is 0.390 e. The Morgan fingerprint density at radius 1 is 1.06 bits per heavy atom. The van der Waals surface area contributed by atoms with Gasteiger partial charge in [0.15, 0.2) is 0 Å². The molecule has 2 aromatic rings. The minimum Gasteiger partial charge on any atom is -0.390 e. The maximum Gasteiger partial charge on any atom is 0.0853 e. The predicted molar refractivity (Wildman–Crippen MR) is 58.2 cm³/mol. The summed E-state index contributed by atoms with van der Waals surface area (Å²) in [6.45, 7) is -0.00760. The summed E-state index contributed by atoms with van der Waals surface area (Å²) >= 11 is 0. The van der Waals surface area contributed by atoms with Crippen LogP contribution in [0.15, 0.2) is 42.5 Å². The van der Waals surface area contributed by atoms with Crippen molar-refractivity contribution in [2.75, 3.05) is 0 Å². The van der Waals surface area contributed by atoms with E-state index in [0.717, 1.165) is 17.7 Å². The Balaban J connectivity index is 0.00000128. The van der Waals surface area contributed by atoms with Crippen molar-refractivity contribution in [1.82, 2.24) is 4.98 Å². The van der Waals surface area contributed by atoms with E-state index in [-0.39, 0.29) is 26.7 Å². The van der Waals surface area contributed by atoms with Crippen molar-refractivity contribution in [3.05, 3.63) is 65.5 Å². The molecule has 0 atom stereocenters. The summed E-state index contributed by atoms with van der Waals surface area (Å²) in [5, 5.41) is 8.96. The van der Waals surface area contributed by atoms with Gasteiger partial charge in [0.1, 0.15) is 0 Å². The van der Waals surface area contributed by atoms with Crippen molar-refractivity contribution in [2.24, 2.45) is 0 Å². The SMILES string of the molecule is OCc1cccc(Cc2[c-]cccc2)n1.[Ir]. The molecule has 0 aliphatic heterocycles. The first-order valence-corrected chi connectivity index (χ1v) is 4.90. The molecule has 0 spiro atoms. The molecule has 0 saturated heterocycles. The molecular formula is C13H12IrNO-. The minimum absolute atomic E-state index is 0. The smallest absolute Gasteiger partial charge is 0.0853 e. The first-order chi connectivity index (χ1) is 7.38. The average Bonchev–Trinajstić information content (AvgIpc) is 2.31. The number of pyridine rings is 1. The van der Waals surface area contributed by atoms with E-state index in [0.29, 0.717) is 5.69 Å². The number of hydrogen-bond donors (Lipinski definition) is 1. The Labute approximate surface area is 109 Å². The molecule has 0 amide bonds. The molecule has 85 valence electrons. The van der Waals surface area contributed by atoms with Gasteiger partial charge in [0, 0.05) is 25.8 Å². The van der Waals surface area contributed by atoms with Crippen LogP contribution >= 0.6 is 0 Å². The summed E-state index contributed by atoms with van der Waals surface area (Å²) < 4.78 is 0. The molecule has 0 saturated carbocycles. The number of nitrogens with zero attached hydrogens (tertiary/aromatic N) is 1. The Bertz CT molecular complexity index is 431. The minimum atomic E-state index is -0.00760. The number of aliphatic hydroxyl groups is 1. The van der Waals surface area contributed by atoms with Crippen molar-refractivity contribution in [3.8, 4) is 0 Å². The molecule has 2 nitrogen and oxygen atoms in total. The van der Waals surface area contributed by atoms with Gasteiger partial charge in [-0.25, -0.2) is 0 Å². The summed E-state index contributed by atoms with van der Waals surface area (Å²) in [6, 6.07) is 16.7. The molecule has 1 heterocycles. The van der Waals surface area contributed by atoms with Gasteiger partial charge in [0.05, 0.1) is 12.3 Å². The molecule has 3 heteroatoms. The van der Waals surface area contributed by atoms with E-state index in [4.69, 9.17) is 5.11 Å². The average molecular weight is 390 g/mol. The van der Waals surface area contributed by atoms with Crippen molar-refractivity contribution in [1.29, 1.82) is 0 Å². The van der Waals surface area contributed by atoms with Crippen molar-refractivity contribution in [2.45, 2.75) is 13.0 Å². The van der Waals surface area contributed by atoms with Crippen LogP contribution in [0.3, 0.4) is 0 Å². The van der Waals surface area contributed by atoms with Crippen LogP contribution in [-0.2, 0) is 33.1 Å².